The van der Waals surface area contributed by atoms with Gasteiger partial charge in [-0.15, -0.1) is 0 Å². The smallest absolute Gasteiger partial charge is 0.303 e. The maximum Gasteiger partial charge on any atom is 0.303 e. The number of aliphatic hydroxyl groups excluding tert-OH is 2. The number of esters is 5. The summed E-state index contributed by atoms with van der Waals surface area (Å²) in [5.74, 6) is -5.37. The number of carbonyl (C=O) groups excluding carboxylic acids is 5. The van der Waals surface area contributed by atoms with Crippen molar-refractivity contribution in [2.75, 3.05) is 13.2 Å². The molecule has 0 amide bonds. The van der Waals surface area contributed by atoms with E-state index in [-0.39, 0.29) is 0 Å². The highest BCUT2D eigenvalue weighted by atomic mass is 35.6. The van der Waals surface area contributed by atoms with Gasteiger partial charge in [-0.3, -0.25) is 29.4 Å². The standard InChI is InChI=1S/C24H32Cl3NO16/c1-8(29)36-6-13-15(34)17(44-23(28)24(25,26)27)20(40-12(5)33)22(42-13)43-16-14(7-37-9(2)30)41-21(35)19(39-11(4)32)18(16)38-10(3)31/h13-22,28,34-35H,6-7H2,1-5H3/t13-,14-,15+,16-,17+,18+,19-,20-,21+,22+/m1/s1. The van der Waals surface area contributed by atoms with Gasteiger partial charge >= 0.3 is 29.8 Å². The van der Waals surface area contributed by atoms with Gasteiger partial charge in [-0.25, -0.2) is 0 Å². The van der Waals surface area contributed by atoms with E-state index in [2.05, 4.69) is 0 Å². The molecule has 0 spiro atoms. The fourth-order valence-corrected chi connectivity index (χ4v) is 4.32. The molecular weight excluding hydrogens is 665 g/mol. The lowest BCUT2D eigenvalue weighted by atomic mass is 9.96. The Morgan fingerprint density at radius 1 is 0.659 bits per heavy atom. The minimum Gasteiger partial charge on any atom is -0.468 e. The van der Waals surface area contributed by atoms with Gasteiger partial charge in [-0.1, -0.05) is 34.8 Å². The topological polar surface area (TPSA) is 233 Å². The molecule has 0 radical (unpaired) electrons. The lowest BCUT2D eigenvalue weighted by Crippen LogP contribution is -2.66. The Kier molecular flexibility index (Phi) is 13.8. The van der Waals surface area contributed by atoms with E-state index in [4.69, 9.17) is 82.8 Å². The highest BCUT2D eigenvalue weighted by molar-refractivity contribution is 6.76. The number of alkyl halides is 3. The fraction of sp³-hybridized carbons (Fsp3) is 0.750. The zero-order valence-corrected chi connectivity index (χ0v) is 26.2. The molecule has 2 fully saturated rings. The number of hydrogen-bond acceptors (Lipinski definition) is 17. The van der Waals surface area contributed by atoms with Crippen molar-refractivity contribution in [2.24, 2.45) is 0 Å². The predicted molar refractivity (Wildman–Crippen MR) is 143 cm³/mol. The summed E-state index contributed by atoms with van der Waals surface area (Å²) in [7, 11) is 0. The van der Waals surface area contributed by atoms with Crippen LogP contribution in [0.15, 0.2) is 0 Å². The van der Waals surface area contributed by atoms with Crippen molar-refractivity contribution in [3.05, 3.63) is 0 Å². The van der Waals surface area contributed by atoms with E-state index in [0.717, 1.165) is 34.6 Å². The first-order valence-electron chi connectivity index (χ1n) is 12.7. The van der Waals surface area contributed by atoms with E-state index < -0.39 is 114 Å². The van der Waals surface area contributed by atoms with Gasteiger partial charge < -0.3 is 52.8 Å². The second-order valence-electron chi connectivity index (χ2n) is 9.44. The molecule has 44 heavy (non-hydrogen) atoms. The largest absolute Gasteiger partial charge is 0.468 e. The van der Waals surface area contributed by atoms with E-state index in [1.807, 2.05) is 0 Å². The Morgan fingerprint density at radius 3 is 1.61 bits per heavy atom. The molecule has 250 valence electrons. The summed E-state index contributed by atoms with van der Waals surface area (Å²) in [5, 5.41) is 29.7. The zero-order chi connectivity index (χ0) is 33.5. The second kappa shape index (κ2) is 16.2. The van der Waals surface area contributed by atoms with Crippen LogP contribution in [-0.2, 0) is 66.6 Å². The molecule has 10 atom stereocenters. The lowest BCUT2D eigenvalue weighted by molar-refractivity contribution is -0.355. The number of ether oxygens (including phenoxy) is 9. The summed E-state index contributed by atoms with van der Waals surface area (Å²) in [6, 6.07) is 0. The van der Waals surface area contributed by atoms with Crippen LogP contribution >= 0.6 is 34.8 Å². The monoisotopic (exact) mass is 695 g/mol. The molecular formula is C24H32Cl3NO16. The maximum atomic E-state index is 12.1. The van der Waals surface area contributed by atoms with Crippen LogP contribution in [0.1, 0.15) is 34.6 Å². The van der Waals surface area contributed by atoms with Crippen LogP contribution in [0, 0.1) is 5.41 Å². The molecule has 20 heteroatoms. The highest BCUT2D eigenvalue weighted by Gasteiger charge is 2.56. The summed E-state index contributed by atoms with van der Waals surface area (Å²) in [5.41, 5.74) is 0. The van der Waals surface area contributed by atoms with E-state index >= 15 is 0 Å². The average molecular weight is 697 g/mol. The number of nitrogens with one attached hydrogen (secondary N) is 1. The molecule has 2 heterocycles. The van der Waals surface area contributed by atoms with Crippen molar-refractivity contribution in [3.8, 4) is 0 Å². The molecule has 2 aliphatic heterocycles. The van der Waals surface area contributed by atoms with Crippen LogP contribution in [0.4, 0.5) is 0 Å². The van der Waals surface area contributed by atoms with Gasteiger partial charge in [0.2, 0.25) is 5.90 Å². The lowest BCUT2D eigenvalue weighted by Gasteiger charge is -2.48. The van der Waals surface area contributed by atoms with Crippen LogP contribution < -0.4 is 0 Å². The van der Waals surface area contributed by atoms with Crippen molar-refractivity contribution in [1.82, 2.24) is 0 Å². The summed E-state index contributed by atoms with van der Waals surface area (Å²) in [4.78, 5) is 59.2. The van der Waals surface area contributed by atoms with Gasteiger partial charge in [-0.2, -0.15) is 0 Å². The van der Waals surface area contributed by atoms with Crippen LogP contribution in [0.3, 0.4) is 0 Å². The number of aliphatic hydroxyl groups is 2. The molecule has 0 unspecified atom stereocenters. The van der Waals surface area contributed by atoms with E-state index in [1.54, 1.807) is 0 Å². The molecule has 2 rings (SSSR count). The van der Waals surface area contributed by atoms with Gasteiger partial charge in [0.15, 0.2) is 37.0 Å². The molecule has 2 aliphatic rings. The quantitative estimate of drug-likeness (QED) is 0.0884. The Hall–Kier alpha value is -2.51. The third-order valence-corrected chi connectivity index (χ3v) is 6.35. The Bertz CT molecular complexity index is 1090. The third kappa shape index (κ3) is 10.8. The first-order valence-corrected chi connectivity index (χ1v) is 13.9. The summed E-state index contributed by atoms with van der Waals surface area (Å²) < 4.78 is 45.9. The minimum absolute atomic E-state index is 0.607. The Labute approximate surface area is 265 Å². The molecule has 0 aromatic heterocycles. The number of rotatable bonds is 10. The van der Waals surface area contributed by atoms with E-state index in [9.17, 15) is 34.2 Å². The van der Waals surface area contributed by atoms with Crippen LogP contribution in [0.2, 0.25) is 0 Å². The summed E-state index contributed by atoms with van der Waals surface area (Å²) in [6.07, 6.45) is -17.1. The van der Waals surface area contributed by atoms with Gasteiger partial charge in [0, 0.05) is 34.6 Å². The first-order chi connectivity index (χ1) is 20.3. The van der Waals surface area contributed by atoms with Gasteiger partial charge in [0.25, 0.3) is 3.79 Å². The SMILES string of the molecule is CC(=O)OC[C@H]1O[C@@H](O[C@H]2[C@H](OC(C)=O)[C@@H](OC(C)=O)[C@@H](O)O[C@@H]2COC(C)=O)[C@H](OC(C)=O)[C@@H](OC(=N)C(Cl)(Cl)Cl)[C@H]1O. The highest BCUT2D eigenvalue weighted by Crippen LogP contribution is 2.36. The van der Waals surface area contributed by atoms with E-state index in [0.29, 0.717) is 0 Å². The zero-order valence-electron chi connectivity index (χ0n) is 23.9. The first kappa shape index (κ1) is 37.7. The van der Waals surface area contributed by atoms with Crippen LogP contribution in [-0.4, -0.2) is 124 Å². The van der Waals surface area contributed by atoms with Crippen molar-refractivity contribution in [3.63, 3.8) is 0 Å². The number of carbonyl (C=O) groups is 5. The normalized spacial score (nSPS) is 32.0. The van der Waals surface area contributed by atoms with Crippen molar-refractivity contribution < 1.29 is 76.8 Å². The predicted octanol–water partition coefficient (Wildman–Crippen LogP) is -0.171. The number of hydrogen-bond donors (Lipinski definition) is 3. The molecule has 3 N–H and O–H groups in total. The molecule has 0 bridgehead atoms. The Morgan fingerprint density at radius 2 is 1.14 bits per heavy atom. The maximum absolute atomic E-state index is 12.1. The molecule has 17 nitrogen and oxygen atoms in total. The molecule has 0 saturated carbocycles. The van der Waals surface area contributed by atoms with Gasteiger partial charge in [-0.05, 0) is 0 Å². The molecule has 2 saturated heterocycles. The minimum atomic E-state index is -2.44. The van der Waals surface area contributed by atoms with Gasteiger partial charge in [0.05, 0.1) is 0 Å². The van der Waals surface area contributed by atoms with Crippen molar-refractivity contribution in [2.45, 2.75) is 99.8 Å². The van der Waals surface area contributed by atoms with Crippen LogP contribution in [0.5, 0.6) is 0 Å². The van der Waals surface area contributed by atoms with Crippen LogP contribution in [0.25, 0.3) is 0 Å². The third-order valence-electron chi connectivity index (χ3n) is 5.84. The average Bonchev–Trinajstić information content (AvgIpc) is 2.87. The molecule has 0 aromatic rings. The fourth-order valence-electron chi connectivity index (χ4n) is 4.18. The second-order valence-corrected chi connectivity index (χ2v) is 11.7. The van der Waals surface area contributed by atoms with Crippen molar-refractivity contribution in [1.29, 1.82) is 5.41 Å². The Balaban J connectivity index is 2.63. The van der Waals surface area contributed by atoms with Crippen molar-refractivity contribution >= 4 is 70.5 Å². The molecule has 0 aromatic carbocycles. The van der Waals surface area contributed by atoms with E-state index in [1.165, 1.54) is 0 Å². The van der Waals surface area contributed by atoms with Gasteiger partial charge in [0.1, 0.15) is 37.6 Å². The summed E-state index contributed by atoms with van der Waals surface area (Å²) in [6.45, 7) is 3.90. The summed E-state index contributed by atoms with van der Waals surface area (Å²) >= 11 is 17.2. The molecule has 0 aliphatic carbocycles. The number of halogens is 3.